The molecule has 1 heterocycles. The van der Waals surface area contributed by atoms with Crippen molar-refractivity contribution in [2.75, 3.05) is 42.3 Å². The number of urea groups is 1. The van der Waals surface area contributed by atoms with Crippen molar-refractivity contribution in [2.24, 2.45) is 0 Å². The van der Waals surface area contributed by atoms with E-state index >= 15 is 0 Å². The van der Waals surface area contributed by atoms with Crippen LogP contribution in [0.3, 0.4) is 0 Å². The SMILES string of the molecule is COc1ccc(Cl)cc1NCCC(=O)Nc1ccc(N2CCNC2=O)cc1. The quantitative estimate of drug-likeness (QED) is 0.679. The molecule has 3 amide bonds. The van der Waals surface area contributed by atoms with Crippen molar-refractivity contribution in [2.45, 2.75) is 6.42 Å². The molecule has 8 heteroatoms. The maximum atomic E-state index is 12.1. The van der Waals surface area contributed by atoms with Crippen molar-refractivity contribution in [3.8, 4) is 5.75 Å². The van der Waals surface area contributed by atoms with Gasteiger partial charge in [0.05, 0.1) is 12.8 Å². The summed E-state index contributed by atoms with van der Waals surface area (Å²) in [5, 5.41) is 9.34. The van der Waals surface area contributed by atoms with Crippen molar-refractivity contribution in [3.63, 3.8) is 0 Å². The molecule has 1 aliphatic heterocycles. The van der Waals surface area contributed by atoms with E-state index in [4.69, 9.17) is 16.3 Å². The van der Waals surface area contributed by atoms with Crippen LogP contribution in [-0.2, 0) is 4.79 Å². The Morgan fingerprint density at radius 2 is 2.04 bits per heavy atom. The molecule has 0 spiro atoms. The zero-order chi connectivity index (χ0) is 19.2. The standard InChI is InChI=1S/C19H21ClN4O3/c1-27-17-7-2-13(20)12-16(17)21-9-8-18(25)23-14-3-5-15(6-4-14)24-11-10-22-19(24)26/h2-7,12,21H,8-11H2,1H3,(H,22,26)(H,23,25). The molecule has 2 aromatic carbocycles. The second kappa shape index (κ2) is 8.64. The third-order valence-corrected chi connectivity index (χ3v) is 4.38. The lowest BCUT2D eigenvalue weighted by Crippen LogP contribution is -2.27. The van der Waals surface area contributed by atoms with Gasteiger partial charge in [-0.2, -0.15) is 0 Å². The van der Waals surface area contributed by atoms with E-state index in [2.05, 4.69) is 16.0 Å². The Labute approximate surface area is 162 Å². The Morgan fingerprint density at radius 1 is 1.26 bits per heavy atom. The monoisotopic (exact) mass is 388 g/mol. The van der Waals surface area contributed by atoms with Crippen molar-refractivity contribution in [1.82, 2.24) is 5.32 Å². The number of nitrogens with zero attached hydrogens (tertiary/aromatic N) is 1. The molecule has 3 N–H and O–H groups in total. The van der Waals surface area contributed by atoms with Gasteiger partial charge in [-0.1, -0.05) is 11.6 Å². The molecule has 0 radical (unpaired) electrons. The number of ether oxygens (including phenoxy) is 1. The molecule has 0 bridgehead atoms. The minimum Gasteiger partial charge on any atom is -0.495 e. The summed E-state index contributed by atoms with van der Waals surface area (Å²) < 4.78 is 5.26. The van der Waals surface area contributed by atoms with Gasteiger partial charge in [-0.15, -0.1) is 0 Å². The Morgan fingerprint density at radius 3 is 2.70 bits per heavy atom. The van der Waals surface area contributed by atoms with Crippen LogP contribution < -0.4 is 25.6 Å². The summed E-state index contributed by atoms with van der Waals surface area (Å²) in [6, 6.07) is 12.4. The first kappa shape index (κ1) is 18.8. The van der Waals surface area contributed by atoms with Crippen molar-refractivity contribution < 1.29 is 14.3 Å². The summed E-state index contributed by atoms with van der Waals surface area (Å²) in [7, 11) is 1.58. The van der Waals surface area contributed by atoms with E-state index in [-0.39, 0.29) is 18.4 Å². The van der Waals surface area contributed by atoms with Crippen LogP contribution in [-0.4, -0.2) is 38.7 Å². The van der Waals surface area contributed by atoms with Gasteiger partial charge in [-0.25, -0.2) is 4.79 Å². The number of hydrogen-bond donors (Lipinski definition) is 3. The van der Waals surface area contributed by atoms with Crippen molar-refractivity contribution in [3.05, 3.63) is 47.5 Å². The maximum absolute atomic E-state index is 12.1. The molecule has 2 aromatic rings. The molecule has 0 aliphatic carbocycles. The minimum atomic E-state index is -0.116. The van der Waals surface area contributed by atoms with E-state index in [0.717, 1.165) is 11.4 Å². The topological polar surface area (TPSA) is 82.7 Å². The largest absolute Gasteiger partial charge is 0.495 e. The fourth-order valence-corrected chi connectivity index (χ4v) is 2.97. The number of hydrogen-bond acceptors (Lipinski definition) is 4. The molecule has 1 aliphatic rings. The Kier molecular flexibility index (Phi) is 6.03. The minimum absolute atomic E-state index is 0.102. The number of amides is 3. The molecule has 0 atom stereocenters. The average Bonchev–Trinajstić information content (AvgIpc) is 3.08. The predicted molar refractivity (Wildman–Crippen MR) is 107 cm³/mol. The van der Waals surface area contributed by atoms with E-state index in [1.54, 1.807) is 42.3 Å². The lowest BCUT2D eigenvalue weighted by molar-refractivity contribution is -0.115. The number of rotatable bonds is 7. The zero-order valence-electron chi connectivity index (χ0n) is 14.9. The highest BCUT2D eigenvalue weighted by Gasteiger charge is 2.20. The summed E-state index contributed by atoms with van der Waals surface area (Å²) in [5.41, 5.74) is 2.23. The number of carbonyl (C=O) groups excluding carboxylic acids is 2. The van der Waals surface area contributed by atoms with Gasteiger partial charge in [0, 0.05) is 42.5 Å². The number of carbonyl (C=O) groups is 2. The summed E-state index contributed by atoms with van der Waals surface area (Å²) in [4.78, 5) is 25.5. The molecule has 142 valence electrons. The Bertz CT molecular complexity index is 826. The third-order valence-electron chi connectivity index (χ3n) is 4.15. The summed E-state index contributed by atoms with van der Waals surface area (Å²) in [6.45, 7) is 1.72. The number of halogens is 1. The molecular formula is C19H21ClN4O3. The van der Waals surface area contributed by atoms with Crippen LogP contribution in [0.2, 0.25) is 5.02 Å². The van der Waals surface area contributed by atoms with Crippen LogP contribution in [0.25, 0.3) is 0 Å². The van der Waals surface area contributed by atoms with E-state index in [9.17, 15) is 9.59 Å². The zero-order valence-corrected chi connectivity index (χ0v) is 15.7. The highest BCUT2D eigenvalue weighted by atomic mass is 35.5. The van der Waals surface area contributed by atoms with Gasteiger partial charge < -0.3 is 20.7 Å². The second-order valence-corrected chi connectivity index (χ2v) is 6.44. The number of anilines is 3. The second-order valence-electron chi connectivity index (χ2n) is 6.00. The molecule has 0 unspecified atom stereocenters. The average molecular weight is 389 g/mol. The molecular weight excluding hydrogens is 368 g/mol. The Balaban J connectivity index is 1.49. The fourth-order valence-electron chi connectivity index (χ4n) is 2.80. The summed E-state index contributed by atoms with van der Waals surface area (Å²) in [6.07, 6.45) is 0.284. The van der Waals surface area contributed by atoms with Gasteiger partial charge in [-0.05, 0) is 42.5 Å². The molecule has 27 heavy (non-hydrogen) atoms. The highest BCUT2D eigenvalue weighted by molar-refractivity contribution is 6.30. The summed E-state index contributed by atoms with van der Waals surface area (Å²) >= 11 is 5.99. The van der Waals surface area contributed by atoms with Gasteiger partial charge >= 0.3 is 6.03 Å². The van der Waals surface area contributed by atoms with Crippen LogP contribution in [0, 0.1) is 0 Å². The molecule has 1 saturated heterocycles. The van der Waals surface area contributed by atoms with E-state index in [1.807, 2.05) is 12.1 Å². The number of benzene rings is 2. The molecule has 3 rings (SSSR count). The van der Waals surface area contributed by atoms with E-state index in [0.29, 0.717) is 36.1 Å². The van der Waals surface area contributed by atoms with Crippen molar-refractivity contribution >= 4 is 40.6 Å². The highest BCUT2D eigenvalue weighted by Crippen LogP contribution is 2.27. The van der Waals surface area contributed by atoms with Gasteiger partial charge in [-0.3, -0.25) is 9.69 Å². The maximum Gasteiger partial charge on any atom is 0.321 e. The Hall–Kier alpha value is -2.93. The predicted octanol–water partition coefficient (Wildman–Crippen LogP) is 3.32. The molecule has 0 saturated carbocycles. The molecule has 7 nitrogen and oxygen atoms in total. The van der Waals surface area contributed by atoms with Crippen LogP contribution >= 0.6 is 11.6 Å². The first-order chi connectivity index (χ1) is 13.1. The van der Waals surface area contributed by atoms with Gasteiger partial charge in [0.25, 0.3) is 0 Å². The lowest BCUT2D eigenvalue weighted by atomic mass is 10.2. The van der Waals surface area contributed by atoms with E-state index in [1.165, 1.54) is 0 Å². The van der Waals surface area contributed by atoms with Crippen LogP contribution in [0.4, 0.5) is 21.9 Å². The van der Waals surface area contributed by atoms with Crippen molar-refractivity contribution in [1.29, 1.82) is 0 Å². The van der Waals surface area contributed by atoms with Gasteiger partial charge in [0.1, 0.15) is 5.75 Å². The first-order valence-electron chi connectivity index (χ1n) is 8.59. The number of methoxy groups -OCH3 is 1. The van der Waals surface area contributed by atoms with Gasteiger partial charge in [0.15, 0.2) is 0 Å². The summed E-state index contributed by atoms with van der Waals surface area (Å²) in [5.74, 6) is 0.552. The van der Waals surface area contributed by atoms with Crippen LogP contribution in [0.1, 0.15) is 6.42 Å². The first-order valence-corrected chi connectivity index (χ1v) is 8.97. The number of nitrogens with one attached hydrogen (secondary N) is 3. The fraction of sp³-hybridized carbons (Fsp3) is 0.263. The third kappa shape index (κ3) is 4.83. The van der Waals surface area contributed by atoms with Crippen LogP contribution in [0.15, 0.2) is 42.5 Å². The lowest BCUT2D eigenvalue weighted by Gasteiger charge is -2.15. The smallest absolute Gasteiger partial charge is 0.321 e. The molecule has 1 fully saturated rings. The molecule has 0 aromatic heterocycles. The van der Waals surface area contributed by atoms with E-state index < -0.39 is 0 Å². The van der Waals surface area contributed by atoms with Gasteiger partial charge in [0.2, 0.25) is 5.91 Å². The van der Waals surface area contributed by atoms with Crippen LogP contribution in [0.5, 0.6) is 5.75 Å². The normalized spacial score (nSPS) is 13.3.